The summed E-state index contributed by atoms with van der Waals surface area (Å²) < 4.78 is 34.2. The fourth-order valence-corrected chi connectivity index (χ4v) is 3.46. The molecule has 9 nitrogen and oxygen atoms in total. The molecule has 0 radical (unpaired) electrons. The maximum Gasteiger partial charge on any atom is 0.335 e. The molecule has 0 atom stereocenters. The molecule has 0 aliphatic carbocycles. The Balaban J connectivity index is 1.91. The number of carboxylic acids is 1. The van der Waals surface area contributed by atoms with Gasteiger partial charge in [0.05, 0.1) is 24.6 Å². The second-order valence-corrected chi connectivity index (χ2v) is 6.78. The van der Waals surface area contributed by atoms with Gasteiger partial charge in [-0.3, -0.25) is 4.72 Å². The molecule has 2 N–H and O–H groups in total. The standard InChI is InChI=1S/C16H14N4O5S/c1-25-13-5-3-11(16(21)22)9-14(13)26(23,24)19-12-4-6-15(17-10-12)20-8-2-7-18-20/h2-10,19H,1H3,(H,21,22). The summed E-state index contributed by atoms with van der Waals surface area (Å²) in [6.07, 6.45) is 4.64. The van der Waals surface area contributed by atoms with Crippen molar-refractivity contribution in [1.82, 2.24) is 14.8 Å². The van der Waals surface area contributed by atoms with Crippen molar-refractivity contribution in [3.05, 3.63) is 60.6 Å². The Labute approximate surface area is 148 Å². The van der Waals surface area contributed by atoms with Gasteiger partial charge in [0.2, 0.25) is 0 Å². The van der Waals surface area contributed by atoms with Crippen molar-refractivity contribution in [3.8, 4) is 11.6 Å². The van der Waals surface area contributed by atoms with Gasteiger partial charge in [-0.2, -0.15) is 5.10 Å². The molecule has 2 aromatic heterocycles. The largest absolute Gasteiger partial charge is 0.495 e. The van der Waals surface area contributed by atoms with E-state index in [4.69, 9.17) is 9.84 Å². The van der Waals surface area contributed by atoms with Gasteiger partial charge in [0.15, 0.2) is 5.82 Å². The molecule has 1 aromatic carbocycles. The number of ether oxygens (including phenoxy) is 1. The number of aromatic nitrogens is 3. The van der Waals surface area contributed by atoms with E-state index in [0.717, 1.165) is 6.07 Å². The van der Waals surface area contributed by atoms with Gasteiger partial charge in [0.1, 0.15) is 10.6 Å². The molecule has 0 saturated heterocycles. The average molecular weight is 374 g/mol. The van der Waals surface area contributed by atoms with E-state index in [1.807, 2.05) is 0 Å². The van der Waals surface area contributed by atoms with Gasteiger partial charge in [-0.1, -0.05) is 0 Å². The number of aromatic carboxylic acids is 1. The minimum absolute atomic E-state index is 0.0311. The van der Waals surface area contributed by atoms with E-state index in [-0.39, 0.29) is 21.9 Å². The van der Waals surface area contributed by atoms with Gasteiger partial charge in [-0.15, -0.1) is 0 Å². The first-order chi connectivity index (χ1) is 12.4. The smallest absolute Gasteiger partial charge is 0.335 e. The van der Waals surface area contributed by atoms with Crippen LogP contribution in [0.1, 0.15) is 10.4 Å². The van der Waals surface area contributed by atoms with Crippen molar-refractivity contribution in [2.45, 2.75) is 4.90 Å². The molecule has 0 unspecified atom stereocenters. The van der Waals surface area contributed by atoms with Crippen LogP contribution >= 0.6 is 0 Å². The predicted octanol–water partition coefficient (Wildman–Crippen LogP) is 1.77. The minimum atomic E-state index is -4.08. The van der Waals surface area contributed by atoms with E-state index >= 15 is 0 Å². The third-order valence-corrected chi connectivity index (χ3v) is 4.84. The van der Waals surface area contributed by atoms with Gasteiger partial charge >= 0.3 is 5.97 Å². The zero-order valence-corrected chi connectivity index (χ0v) is 14.3. The first kappa shape index (κ1) is 17.4. The molecule has 0 saturated carbocycles. The molecule has 0 bridgehead atoms. The Morgan fingerprint density at radius 1 is 1.27 bits per heavy atom. The average Bonchev–Trinajstić information content (AvgIpc) is 3.16. The lowest BCUT2D eigenvalue weighted by Gasteiger charge is -2.12. The van der Waals surface area contributed by atoms with E-state index in [2.05, 4.69) is 14.8 Å². The summed E-state index contributed by atoms with van der Waals surface area (Å²) in [5.74, 6) is -0.693. The van der Waals surface area contributed by atoms with Crippen molar-refractivity contribution in [3.63, 3.8) is 0 Å². The minimum Gasteiger partial charge on any atom is -0.495 e. The van der Waals surface area contributed by atoms with Crippen LogP contribution in [0.4, 0.5) is 5.69 Å². The van der Waals surface area contributed by atoms with Gasteiger partial charge in [-0.05, 0) is 36.4 Å². The summed E-state index contributed by atoms with van der Waals surface area (Å²) >= 11 is 0. The Hall–Kier alpha value is -3.40. The van der Waals surface area contributed by atoms with Crippen LogP contribution in [0.15, 0.2) is 59.9 Å². The van der Waals surface area contributed by atoms with Crippen LogP contribution in [0.5, 0.6) is 5.75 Å². The Kier molecular flexibility index (Phi) is 4.59. The number of carbonyl (C=O) groups is 1. The van der Waals surface area contributed by atoms with Crippen LogP contribution in [0.25, 0.3) is 5.82 Å². The molecule has 10 heteroatoms. The fraction of sp³-hybridized carbons (Fsp3) is 0.0625. The van der Waals surface area contributed by atoms with Crippen molar-refractivity contribution in [1.29, 1.82) is 0 Å². The van der Waals surface area contributed by atoms with Crippen LogP contribution < -0.4 is 9.46 Å². The molecule has 3 rings (SSSR count). The number of nitrogens with zero attached hydrogens (tertiary/aromatic N) is 3. The number of hydrogen-bond acceptors (Lipinski definition) is 6. The molecule has 0 fully saturated rings. The maximum atomic E-state index is 12.6. The highest BCUT2D eigenvalue weighted by Crippen LogP contribution is 2.27. The zero-order chi connectivity index (χ0) is 18.7. The number of benzene rings is 1. The molecule has 0 amide bonds. The first-order valence-corrected chi connectivity index (χ1v) is 8.79. The lowest BCUT2D eigenvalue weighted by molar-refractivity contribution is 0.0696. The Morgan fingerprint density at radius 2 is 2.08 bits per heavy atom. The number of pyridine rings is 1. The first-order valence-electron chi connectivity index (χ1n) is 7.31. The van der Waals surface area contributed by atoms with E-state index < -0.39 is 16.0 Å². The molecule has 0 aliphatic heterocycles. The fourth-order valence-electron chi connectivity index (χ4n) is 2.22. The Bertz CT molecular complexity index is 1030. The van der Waals surface area contributed by atoms with Crippen LogP contribution in [0.3, 0.4) is 0 Å². The second-order valence-electron chi connectivity index (χ2n) is 5.13. The number of hydrogen-bond donors (Lipinski definition) is 2. The van der Waals surface area contributed by atoms with Crippen LogP contribution in [0.2, 0.25) is 0 Å². The number of sulfonamides is 1. The molecule has 134 valence electrons. The van der Waals surface area contributed by atoms with E-state index in [1.54, 1.807) is 24.5 Å². The summed E-state index contributed by atoms with van der Waals surface area (Å²) in [5, 5.41) is 13.1. The van der Waals surface area contributed by atoms with E-state index in [0.29, 0.717) is 5.82 Å². The van der Waals surface area contributed by atoms with E-state index in [9.17, 15) is 13.2 Å². The van der Waals surface area contributed by atoms with Gasteiger partial charge in [0, 0.05) is 12.4 Å². The lowest BCUT2D eigenvalue weighted by Crippen LogP contribution is -2.15. The summed E-state index contributed by atoms with van der Waals surface area (Å²) in [6, 6.07) is 8.44. The zero-order valence-electron chi connectivity index (χ0n) is 13.5. The van der Waals surface area contributed by atoms with Gasteiger partial charge in [-0.25, -0.2) is 22.9 Å². The topological polar surface area (TPSA) is 123 Å². The number of methoxy groups -OCH3 is 1. The van der Waals surface area contributed by atoms with Gasteiger partial charge < -0.3 is 9.84 Å². The Morgan fingerprint density at radius 3 is 2.65 bits per heavy atom. The number of nitrogens with one attached hydrogen (secondary N) is 1. The lowest BCUT2D eigenvalue weighted by atomic mass is 10.2. The predicted molar refractivity (Wildman–Crippen MR) is 92.1 cm³/mol. The van der Waals surface area contributed by atoms with Gasteiger partial charge in [0.25, 0.3) is 10.0 Å². The summed E-state index contributed by atoms with van der Waals surface area (Å²) in [4.78, 5) is 15.0. The van der Waals surface area contributed by atoms with Crippen molar-refractivity contribution >= 4 is 21.7 Å². The summed E-state index contributed by atoms with van der Waals surface area (Å²) in [6.45, 7) is 0. The molecule has 0 aliphatic rings. The van der Waals surface area contributed by atoms with Crippen LogP contribution in [0, 0.1) is 0 Å². The molecular formula is C16H14N4O5S. The molecule has 0 spiro atoms. The van der Waals surface area contributed by atoms with Crippen molar-refractivity contribution < 1.29 is 23.1 Å². The quantitative estimate of drug-likeness (QED) is 0.674. The maximum absolute atomic E-state index is 12.6. The van der Waals surface area contributed by atoms with Crippen LogP contribution in [-0.2, 0) is 10.0 Å². The molecule has 2 heterocycles. The monoisotopic (exact) mass is 374 g/mol. The highest BCUT2D eigenvalue weighted by molar-refractivity contribution is 7.92. The third-order valence-electron chi connectivity index (χ3n) is 3.44. The molecule has 26 heavy (non-hydrogen) atoms. The highest BCUT2D eigenvalue weighted by Gasteiger charge is 2.22. The van der Waals surface area contributed by atoms with Crippen LogP contribution in [-0.4, -0.2) is 41.4 Å². The second kappa shape index (κ2) is 6.84. The number of carboxylic acid groups (broad SMARTS) is 1. The van der Waals surface area contributed by atoms with Crippen molar-refractivity contribution in [2.24, 2.45) is 0 Å². The number of anilines is 1. The molecular weight excluding hydrogens is 360 g/mol. The normalized spacial score (nSPS) is 11.1. The van der Waals surface area contributed by atoms with E-state index in [1.165, 1.54) is 36.2 Å². The number of rotatable bonds is 6. The third kappa shape index (κ3) is 3.49. The van der Waals surface area contributed by atoms with Crippen molar-refractivity contribution in [2.75, 3.05) is 11.8 Å². The summed E-state index contributed by atoms with van der Waals surface area (Å²) in [7, 11) is -2.78. The molecule has 3 aromatic rings. The highest BCUT2D eigenvalue weighted by atomic mass is 32.2. The SMILES string of the molecule is COc1ccc(C(=O)O)cc1S(=O)(=O)Nc1ccc(-n2cccn2)nc1. The summed E-state index contributed by atoms with van der Waals surface area (Å²) in [5.41, 5.74) is 0.0435.